The third kappa shape index (κ3) is 3.37. The number of nitrogens with one attached hydrogen (secondary N) is 1. The Labute approximate surface area is 126 Å². The molecule has 1 saturated heterocycles. The first-order valence-electron chi connectivity index (χ1n) is 6.36. The van der Waals surface area contributed by atoms with Gasteiger partial charge in [-0.3, -0.25) is 24.6 Å². The second kappa shape index (κ2) is 6.19. The van der Waals surface area contributed by atoms with Crippen LogP contribution in [0, 0.1) is 10.1 Å². The van der Waals surface area contributed by atoms with Crippen molar-refractivity contribution in [3.05, 3.63) is 38.9 Å². The number of piperidine rings is 1. The van der Waals surface area contributed by atoms with E-state index in [9.17, 15) is 19.7 Å². The quantitative estimate of drug-likeness (QED) is 0.516. The van der Waals surface area contributed by atoms with Crippen molar-refractivity contribution in [2.24, 2.45) is 0 Å². The molecule has 0 aromatic heterocycles. The van der Waals surface area contributed by atoms with Crippen molar-refractivity contribution in [3.63, 3.8) is 0 Å². The molecule has 7 nitrogen and oxygen atoms in total. The van der Waals surface area contributed by atoms with E-state index in [0.717, 1.165) is 4.90 Å². The molecule has 112 valence electrons. The predicted octanol–water partition coefficient (Wildman–Crippen LogP) is 1.49. The van der Waals surface area contributed by atoms with Crippen LogP contribution in [-0.4, -0.2) is 34.7 Å². The van der Waals surface area contributed by atoms with E-state index in [4.69, 9.17) is 11.6 Å². The lowest BCUT2D eigenvalue weighted by molar-refractivity contribution is -0.384. The SMILES string of the molecule is CN1C(=O)CCC(NCc2cc([N+](=O)[O-])ccc2Cl)C1=O. The largest absolute Gasteiger partial charge is 0.302 e. The molecule has 2 rings (SSSR count). The molecule has 1 N–H and O–H groups in total. The molecule has 0 saturated carbocycles. The highest BCUT2D eigenvalue weighted by molar-refractivity contribution is 6.31. The first kappa shape index (κ1) is 15.4. The van der Waals surface area contributed by atoms with E-state index in [1.807, 2.05) is 0 Å². The second-order valence-corrected chi connectivity index (χ2v) is 5.20. The molecule has 21 heavy (non-hydrogen) atoms. The van der Waals surface area contributed by atoms with Gasteiger partial charge in [0.15, 0.2) is 0 Å². The monoisotopic (exact) mass is 311 g/mol. The number of hydrogen-bond donors (Lipinski definition) is 1. The fourth-order valence-corrected chi connectivity index (χ4v) is 2.33. The molecule has 1 aliphatic heterocycles. The number of benzene rings is 1. The van der Waals surface area contributed by atoms with Gasteiger partial charge in [0.25, 0.3) is 5.69 Å². The molecule has 0 spiro atoms. The van der Waals surface area contributed by atoms with Crippen LogP contribution in [0.3, 0.4) is 0 Å². The molecule has 1 unspecified atom stereocenters. The molecule has 1 heterocycles. The fraction of sp³-hybridized carbons (Fsp3) is 0.385. The molecule has 1 aromatic carbocycles. The number of rotatable bonds is 4. The van der Waals surface area contributed by atoms with Crippen molar-refractivity contribution in [1.82, 2.24) is 10.2 Å². The van der Waals surface area contributed by atoms with Gasteiger partial charge in [-0.25, -0.2) is 0 Å². The maximum atomic E-state index is 11.9. The van der Waals surface area contributed by atoms with Crippen molar-refractivity contribution in [2.45, 2.75) is 25.4 Å². The Balaban J connectivity index is 2.06. The lowest BCUT2D eigenvalue weighted by Crippen LogP contribution is -2.51. The van der Waals surface area contributed by atoms with Crippen molar-refractivity contribution in [1.29, 1.82) is 0 Å². The van der Waals surface area contributed by atoms with Crippen LogP contribution in [0.4, 0.5) is 5.69 Å². The van der Waals surface area contributed by atoms with Gasteiger partial charge in [0.05, 0.1) is 11.0 Å². The van der Waals surface area contributed by atoms with Crippen LogP contribution >= 0.6 is 11.6 Å². The summed E-state index contributed by atoms with van der Waals surface area (Å²) in [5.74, 6) is -0.501. The van der Waals surface area contributed by atoms with Gasteiger partial charge >= 0.3 is 0 Å². The zero-order valence-corrected chi connectivity index (χ0v) is 12.1. The lowest BCUT2D eigenvalue weighted by atomic mass is 10.0. The number of non-ortho nitro benzene ring substituents is 1. The first-order valence-corrected chi connectivity index (χ1v) is 6.74. The van der Waals surface area contributed by atoms with Gasteiger partial charge in [-0.2, -0.15) is 0 Å². The summed E-state index contributed by atoms with van der Waals surface area (Å²) in [6, 6.07) is 3.67. The molecule has 8 heteroatoms. The van der Waals surface area contributed by atoms with Crippen LogP contribution in [0.2, 0.25) is 5.02 Å². The van der Waals surface area contributed by atoms with E-state index in [2.05, 4.69) is 5.32 Å². The van der Waals surface area contributed by atoms with E-state index in [1.54, 1.807) is 0 Å². The highest BCUT2D eigenvalue weighted by Gasteiger charge is 2.31. The van der Waals surface area contributed by atoms with Gasteiger partial charge < -0.3 is 5.32 Å². The zero-order chi connectivity index (χ0) is 15.6. The minimum Gasteiger partial charge on any atom is -0.302 e. The van der Waals surface area contributed by atoms with Gasteiger partial charge in [-0.1, -0.05) is 11.6 Å². The minimum absolute atomic E-state index is 0.0570. The van der Waals surface area contributed by atoms with E-state index < -0.39 is 11.0 Å². The van der Waals surface area contributed by atoms with Gasteiger partial charge in [-0.15, -0.1) is 0 Å². The first-order chi connectivity index (χ1) is 9.90. The number of carbonyl (C=O) groups is 2. The van der Waals surface area contributed by atoms with Crippen LogP contribution in [0.25, 0.3) is 0 Å². The Morgan fingerprint density at radius 2 is 2.19 bits per heavy atom. The van der Waals surface area contributed by atoms with Crippen molar-refractivity contribution < 1.29 is 14.5 Å². The maximum Gasteiger partial charge on any atom is 0.269 e. The highest BCUT2D eigenvalue weighted by atomic mass is 35.5. The summed E-state index contributed by atoms with van der Waals surface area (Å²) in [6.07, 6.45) is 0.705. The van der Waals surface area contributed by atoms with Crippen LogP contribution in [0.1, 0.15) is 18.4 Å². The number of hydrogen-bond acceptors (Lipinski definition) is 5. The van der Waals surface area contributed by atoms with E-state index in [-0.39, 0.29) is 24.0 Å². The van der Waals surface area contributed by atoms with Gasteiger partial charge in [0.1, 0.15) is 0 Å². The molecule has 1 aliphatic rings. The number of imide groups is 1. The fourth-order valence-electron chi connectivity index (χ4n) is 2.15. The number of nitro benzene ring substituents is 1. The Kier molecular flexibility index (Phi) is 4.54. The van der Waals surface area contributed by atoms with Crippen LogP contribution < -0.4 is 5.32 Å². The number of likely N-dealkylation sites (N-methyl/N-ethyl adjacent to an activating group) is 1. The van der Waals surface area contributed by atoms with Crippen molar-refractivity contribution >= 4 is 29.1 Å². The van der Waals surface area contributed by atoms with Crippen LogP contribution in [-0.2, 0) is 16.1 Å². The summed E-state index contributed by atoms with van der Waals surface area (Å²) in [5, 5.41) is 14.1. The predicted molar refractivity (Wildman–Crippen MR) is 75.7 cm³/mol. The summed E-state index contributed by atoms with van der Waals surface area (Å²) in [7, 11) is 1.44. The van der Waals surface area contributed by atoms with Crippen molar-refractivity contribution in [3.8, 4) is 0 Å². The minimum atomic E-state index is -0.502. The number of amides is 2. The molecule has 0 bridgehead atoms. The molecule has 0 aliphatic carbocycles. The molecule has 2 amide bonds. The summed E-state index contributed by atoms with van der Waals surface area (Å²) >= 11 is 5.99. The van der Waals surface area contributed by atoms with Crippen LogP contribution in [0.15, 0.2) is 18.2 Å². The maximum absolute atomic E-state index is 11.9. The molecule has 0 radical (unpaired) electrons. The number of halogens is 1. The molecule has 1 fully saturated rings. The third-order valence-electron chi connectivity index (χ3n) is 3.43. The number of likely N-dealkylation sites (tertiary alicyclic amines) is 1. The molecular weight excluding hydrogens is 298 g/mol. The summed E-state index contributed by atoms with van der Waals surface area (Å²) in [5.41, 5.74) is 0.483. The molecule has 1 atom stereocenters. The Hall–Kier alpha value is -1.99. The normalized spacial score (nSPS) is 19.0. The average molecular weight is 312 g/mol. The Bertz CT molecular complexity index is 605. The standard InChI is InChI=1S/C13H14ClN3O4/c1-16-12(18)5-4-11(13(16)19)15-7-8-6-9(17(20)21)2-3-10(8)14/h2-3,6,11,15H,4-5,7H2,1H3. The molecular formula is C13H14ClN3O4. The van der Waals surface area contributed by atoms with Crippen LogP contribution in [0.5, 0.6) is 0 Å². The zero-order valence-electron chi connectivity index (χ0n) is 11.3. The van der Waals surface area contributed by atoms with E-state index in [0.29, 0.717) is 23.4 Å². The topological polar surface area (TPSA) is 92.6 Å². The second-order valence-electron chi connectivity index (χ2n) is 4.80. The van der Waals surface area contributed by atoms with Crippen molar-refractivity contribution in [2.75, 3.05) is 7.05 Å². The molecule has 1 aromatic rings. The number of nitro groups is 1. The highest BCUT2D eigenvalue weighted by Crippen LogP contribution is 2.22. The third-order valence-corrected chi connectivity index (χ3v) is 3.80. The van der Waals surface area contributed by atoms with E-state index >= 15 is 0 Å². The summed E-state index contributed by atoms with van der Waals surface area (Å²) in [4.78, 5) is 34.6. The summed E-state index contributed by atoms with van der Waals surface area (Å²) < 4.78 is 0. The lowest BCUT2D eigenvalue weighted by Gasteiger charge is -2.28. The van der Waals surface area contributed by atoms with Gasteiger partial charge in [0.2, 0.25) is 11.8 Å². The van der Waals surface area contributed by atoms with E-state index in [1.165, 1.54) is 25.2 Å². The Morgan fingerprint density at radius 3 is 2.86 bits per heavy atom. The smallest absolute Gasteiger partial charge is 0.269 e. The Morgan fingerprint density at radius 1 is 1.48 bits per heavy atom. The van der Waals surface area contributed by atoms with Gasteiger partial charge in [-0.05, 0) is 18.1 Å². The number of nitrogens with zero attached hydrogens (tertiary/aromatic N) is 2. The summed E-state index contributed by atoms with van der Waals surface area (Å²) in [6.45, 7) is 0.221. The average Bonchev–Trinajstić information content (AvgIpc) is 2.45. The number of carbonyl (C=O) groups excluding carboxylic acids is 2. The van der Waals surface area contributed by atoms with Gasteiger partial charge in [0, 0.05) is 37.2 Å².